The lowest BCUT2D eigenvalue weighted by atomic mass is 10.0. The third-order valence-corrected chi connectivity index (χ3v) is 8.96. The second-order valence-electron chi connectivity index (χ2n) is 12.0. The molecule has 0 spiro atoms. The van der Waals surface area contributed by atoms with E-state index in [9.17, 15) is 14.7 Å². The summed E-state index contributed by atoms with van der Waals surface area (Å²) in [5.41, 5.74) is 3.71. The molecule has 1 N–H and O–H groups in total. The third-order valence-electron chi connectivity index (χ3n) is 8.96. The van der Waals surface area contributed by atoms with E-state index < -0.39 is 0 Å². The summed E-state index contributed by atoms with van der Waals surface area (Å²) in [5, 5.41) is 9.89. The maximum absolute atomic E-state index is 13.7. The Hall–Kier alpha value is -5.98. The summed E-state index contributed by atoms with van der Waals surface area (Å²) in [6, 6.07) is 11.9. The molecule has 2 atom stereocenters. The topological polar surface area (TPSA) is 141 Å². The van der Waals surface area contributed by atoms with Gasteiger partial charge in [-0.05, 0) is 35.4 Å². The number of aliphatic hydroxyl groups is 1. The van der Waals surface area contributed by atoms with Gasteiger partial charge in [-0.1, -0.05) is 6.07 Å². The van der Waals surface area contributed by atoms with Gasteiger partial charge >= 0.3 is 0 Å². The number of amides is 2. The zero-order valence-corrected chi connectivity index (χ0v) is 26.8. The van der Waals surface area contributed by atoms with Crippen LogP contribution in [0.25, 0.3) is 5.57 Å². The predicted molar refractivity (Wildman–Crippen MR) is 178 cm³/mol. The Balaban J connectivity index is 0.925. The molecule has 0 saturated heterocycles. The number of aliphatic hydroxyl groups excluding tert-OH is 1. The van der Waals surface area contributed by atoms with E-state index in [-0.39, 0.29) is 43.1 Å². The van der Waals surface area contributed by atoms with Crippen LogP contribution >= 0.6 is 0 Å². The van der Waals surface area contributed by atoms with Crippen molar-refractivity contribution in [3.63, 3.8) is 0 Å². The molecule has 49 heavy (non-hydrogen) atoms. The molecule has 250 valence electrons. The summed E-state index contributed by atoms with van der Waals surface area (Å²) in [4.78, 5) is 39.2. The van der Waals surface area contributed by atoms with Crippen molar-refractivity contribution in [2.45, 2.75) is 31.3 Å². The standard InChI is InChI=1S/C36H32N4O9/c1-44-30-11-25-27(37-15-22-8-21(17-39(22)35(25)42)20-4-5-29-32(9-20)49-19-48-29)13-33(30)46-6-3-7-47-34-14-28-26(12-31(34)45-2)36(43)40-18-24(41)10-23(40)16-38-28/h4-5,9,11-18,22-23,41H,3,6-8,10,19H2,1-2H3/t22-,23-/m0/s1. The first-order valence-corrected chi connectivity index (χ1v) is 15.8. The predicted octanol–water partition coefficient (Wildman–Crippen LogP) is 5.58. The van der Waals surface area contributed by atoms with Crippen molar-refractivity contribution in [1.82, 2.24) is 9.80 Å². The summed E-state index contributed by atoms with van der Waals surface area (Å²) in [6.07, 6.45) is 8.20. The van der Waals surface area contributed by atoms with Gasteiger partial charge in [0.2, 0.25) is 6.79 Å². The molecule has 0 aliphatic carbocycles. The minimum Gasteiger partial charge on any atom is -0.511 e. The van der Waals surface area contributed by atoms with Gasteiger partial charge in [0, 0.05) is 56.2 Å². The second-order valence-corrected chi connectivity index (χ2v) is 12.0. The highest BCUT2D eigenvalue weighted by molar-refractivity contribution is 6.06. The van der Waals surface area contributed by atoms with E-state index in [0.29, 0.717) is 82.9 Å². The fourth-order valence-electron chi connectivity index (χ4n) is 6.45. The number of rotatable bonds is 9. The Bertz CT molecular complexity index is 2000. The Morgan fingerprint density at radius 1 is 0.755 bits per heavy atom. The average molecular weight is 665 g/mol. The maximum atomic E-state index is 13.7. The van der Waals surface area contributed by atoms with E-state index in [4.69, 9.17) is 28.4 Å². The van der Waals surface area contributed by atoms with Gasteiger partial charge in [0.25, 0.3) is 11.8 Å². The lowest BCUT2D eigenvalue weighted by Gasteiger charge is -2.19. The number of carbonyl (C=O) groups excluding carboxylic acids is 2. The van der Waals surface area contributed by atoms with Crippen molar-refractivity contribution >= 4 is 41.2 Å². The van der Waals surface area contributed by atoms with Crippen LogP contribution in [0.15, 0.2) is 70.6 Å². The highest BCUT2D eigenvalue weighted by Gasteiger charge is 2.35. The van der Waals surface area contributed by atoms with Crippen LogP contribution in [0.4, 0.5) is 11.4 Å². The van der Waals surface area contributed by atoms with E-state index >= 15 is 0 Å². The minimum atomic E-state index is -0.338. The summed E-state index contributed by atoms with van der Waals surface area (Å²) in [7, 11) is 3.03. The molecule has 3 aromatic rings. The molecule has 0 unspecified atom stereocenters. The van der Waals surface area contributed by atoms with Crippen LogP contribution in [-0.2, 0) is 0 Å². The van der Waals surface area contributed by atoms with Crippen LogP contribution in [0.5, 0.6) is 34.5 Å². The molecule has 5 heterocycles. The van der Waals surface area contributed by atoms with Gasteiger partial charge in [-0.25, -0.2) is 0 Å². The first-order valence-electron chi connectivity index (χ1n) is 15.8. The molecule has 2 amide bonds. The molecule has 5 aliphatic rings. The third kappa shape index (κ3) is 5.46. The number of carbonyl (C=O) groups is 2. The van der Waals surface area contributed by atoms with Crippen LogP contribution in [0, 0.1) is 0 Å². The van der Waals surface area contributed by atoms with Gasteiger partial charge in [0.15, 0.2) is 34.5 Å². The lowest BCUT2D eigenvalue weighted by Crippen LogP contribution is -2.32. The minimum absolute atomic E-state index is 0.137. The molecule has 0 radical (unpaired) electrons. The Kier molecular flexibility index (Phi) is 7.58. The summed E-state index contributed by atoms with van der Waals surface area (Å²) in [5.74, 6) is 2.80. The van der Waals surface area contributed by atoms with Crippen LogP contribution < -0.4 is 28.4 Å². The second kappa shape index (κ2) is 12.2. The van der Waals surface area contributed by atoms with Crippen molar-refractivity contribution in [2.75, 3.05) is 34.2 Å². The molecule has 0 aromatic heterocycles. The zero-order chi connectivity index (χ0) is 33.6. The molecule has 5 aliphatic heterocycles. The van der Waals surface area contributed by atoms with E-state index in [1.54, 1.807) is 41.6 Å². The van der Waals surface area contributed by atoms with Gasteiger partial charge < -0.3 is 43.3 Å². The van der Waals surface area contributed by atoms with Crippen molar-refractivity contribution in [2.24, 2.45) is 9.98 Å². The van der Waals surface area contributed by atoms with E-state index in [1.807, 2.05) is 24.4 Å². The van der Waals surface area contributed by atoms with Crippen molar-refractivity contribution in [3.05, 3.63) is 77.3 Å². The fourth-order valence-corrected chi connectivity index (χ4v) is 6.45. The zero-order valence-electron chi connectivity index (χ0n) is 26.8. The molecular weight excluding hydrogens is 632 g/mol. The van der Waals surface area contributed by atoms with Crippen molar-refractivity contribution in [3.8, 4) is 34.5 Å². The molecule has 8 rings (SSSR count). The number of ether oxygens (including phenoxy) is 6. The molecule has 0 saturated carbocycles. The van der Waals surface area contributed by atoms with Crippen LogP contribution in [0.1, 0.15) is 45.5 Å². The molecule has 3 aromatic carbocycles. The quantitative estimate of drug-likeness (QED) is 0.290. The van der Waals surface area contributed by atoms with Crippen molar-refractivity contribution in [1.29, 1.82) is 0 Å². The maximum Gasteiger partial charge on any atom is 0.260 e. The highest BCUT2D eigenvalue weighted by Crippen LogP contribution is 2.42. The number of aliphatic imine (C=N–C) groups is 2. The van der Waals surface area contributed by atoms with Crippen LogP contribution in [0.3, 0.4) is 0 Å². The van der Waals surface area contributed by atoms with Gasteiger partial charge in [-0.15, -0.1) is 0 Å². The molecular formula is C36H32N4O9. The molecule has 13 heteroatoms. The Morgan fingerprint density at radius 3 is 1.98 bits per heavy atom. The molecule has 13 nitrogen and oxygen atoms in total. The van der Waals surface area contributed by atoms with E-state index in [1.165, 1.54) is 25.3 Å². The number of benzene rings is 3. The normalized spacial score (nSPS) is 19.7. The number of hydrogen-bond donors (Lipinski definition) is 1. The largest absolute Gasteiger partial charge is 0.511 e. The fraction of sp³-hybridized carbons (Fsp3) is 0.278. The first kappa shape index (κ1) is 30.4. The summed E-state index contributed by atoms with van der Waals surface area (Å²) < 4.78 is 34.2. The Labute approximate surface area is 281 Å². The van der Waals surface area contributed by atoms with Crippen molar-refractivity contribution < 1.29 is 43.1 Å². The van der Waals surface area contributed by atoms with Crippen LogP contribution in [0.2, 0.25) is 0 Å². The van der Waals surface area contributed by atoms with Gasteiger partial charge in [0.05, 0.1) is 62.0 Å². The van der Waals surface area contributed by atoms with E-state index in [2.05, 4.69) is 9.98 Å². The number of fused-ring (bicyclic) bond motifs is 5. The number of hydrogen-bond acceptors (Lipinski definition) is 11. The molecule has 0 fully saturated rings. The number of nitrogens with zero attached hydrogens (tertiary/aromatic N) is 4. The lowest BCUT2D eigenvalue weighted by molar-refractivity contribution is 0.0809. The summed E-state index contributed by atoms with van der Waals surface area (Å²) >= 11 is 0. The van der Waals surface area contributed by atoms with Gasteiger partial charge in [0.1, 0.15) is 5.76 Å². The number of methoxy groups -OCH3 is 2. The summed E-state index contributed by atoms with van der Waals surface area (Å²) in [6.45, 7) is 0.780. The highest BCUT2D eigenvalue weighted by atomic mass is 16.7. The van der Waals surface area contributed by atoms with Crippen LogP contribution in [-0.4, -0.2) is 85.5 Å². The van der Waals surface area contributed by atoms with E-state index in [0.717, 1.165) is 11.1 Å². The first-order chi connectivity index (χ1) is 23.9. The van der Waals surface area contributed by atoms with Gasteiger partial charge in [-0.2, -0.15) is 0 Å². The molecule has 0 bridgehead atoms. The SMILES string of the molecule is COc1cc2c(cc1OCCCOc1cc3c(cc1OC)C(=O)N1C=C(c4ccc5c(c4)OCO5)C[C@H]1C=N3)N=C[C@@H]1CC(O)=CN1C2=O. The Morgan fingerprint density at radius 2 is 1.35 bits per heavy atom. The monoisotopic (exact) mass is 664 g/mol. The smallest absolute Gasteiger partial charge is 0.260 e. The van der Waals surface area contributed by atoms with Gasteiger partial charge in [-0.3, -0.25) is 19.6 Å². The average Bonchev–Trinajstić information content (AvgIpc) is 3.83.